The van der Waals surface area contributed by atoms with E-state index in [0.29, 0.717) is 0 Å². The van der Waals surface area contributed by atoms with E-state index >= 15 is 0 Å². The molecule has 2 nitrogen and oxygen atoms in total. The predicted octanol–water partition coefficient (Wildman–Crippen LogP) is 2.27. The van der Waals surface area contributed by atoms with Gasteiger partial charge in [-0.1, -0.05) is 19.1 Å². The van der Waals surface area contributed by atoms with Gasteiger partial charge in [0.05, 0.1) is 0 Å². The number of nitrogens with one attached hydrogen (secondary N) is 1. The van der Waals surface area contributed by atoms with E-state index in [1.54, 1.807) is 0 Å². The Hall–Kier alpha value is -0.340. The van der Waals surface area contributed by atoms with Gasteiger partial charge in [-0.2, -0.15) is 0 Å². The molecule has 0 aliphatic carbocycles. The topological polar surface area (TPSA) is 15.3 Å². The highest BCUT2D eigenvalue weighted by Gasteiger charge is 2.18. The lowest BCUT2D eigenvalue weighted by atomic mass is 9.98. The van der Waals surface area contributed by atoms with Gasteiger partial charge in [-0.3, -0.25) is 4.90 Å². The van der Waals surface area contributed by atoms with Gasteiger partial charge in [0.25, 0.3) is 0 Å². The van der Waals surface area contributed by atoms with E-state index in [0.717, 1.165) is 12.5 Å². The molecule has 1 atom stereocenters. The molecule has 0 amide bonds. The maximum atomic E-state index is 3.54. The number of nitrogens with zero attached hydrogens (tertiary/aromatic N) is 1. The fourth-order valence-electron chi connectivity index (χ4n) is 2.22. The Morgan fingerprint density at radius 1 is 1.47 bits per heavy atom. The molecule has 1 N–H and O–H groups in total. The first-order valence-electron chi connectivity index (χ1n) is 6.41. The van der Waals surface area contributed by atoms with Crippen LogP contribution in [0.2, 0.25) is 0 Å². The maximum Gasteiger partial charge on any atom is 0.0163 e. The van der Waals surface area contributed by atoms with Crippen LogP contribution in [0.15, 0.2) is 12.2 Å². The van der Waals surface area contributed by atoms with Crippen LogP contribution in [0.25, 0.3) is 0 Å². The fraction of sp³-hybridized carbons (Fsp3) is 0.846. The Kier molecular flexibility index (Phi) is 6.69. The van der Waals surface area contributed by atoms with Crippen LogP contribution in [0.3, 0.4) is 0 Å². The molecule has 88 valence electrons. The monoisotopic (exact) mass is 210 g/mol. The van der Waals surface area contributed by atoms with Crippen molar-refractivity contribution in [3.05, 3.63) is 12.2 Å². The van der Waals surface area contributed by atoms with Crippen LogP contribution in [0.4, 0.5) is 0 Å². The smallest absolute Gasteiger partial charge is 0.0163 e. The highest BCUT2D eigenvalue weighted by molar-refractivity contribution is 4.84. The van der Waals surface area contributed by atoms with Crippen molar-refractivity contribution in [3.63, 3.8) is 0 Å². The number of allylic oxidation sites excluding steroid dienone is 1. The van der Waals surface area contributed by atoms with Gasteiger partial charge in [0.1, 0.15) is 0 Å². The van der Waals surface area contributed by atoms with E-state index in [2.05, 4.69) is 36.2 Å². The lowest BCUT2D eigenvalue weighted by molar-refractivity contribution is 0.188. The van der Waals surface area contributed by atoms with Crippen LogP contribution in [0, 0.1) is 5.92 Å². The van der Waals surface area contributed by atoms with Crippen molar-refractivity contribution in [1.82, 2.24) is 10.2 Å². The van der Waals surface area contributed by atoms with E-state index < -0.39 is 0 Å². The minimum atomic E-state index is 0.871. The lowest BCUT2D eigenvalue weighted by Crippen LogP contribution is -2.39. The number of likely N-dealkylation sites (tertiary alicyclic amines) is 1. The molecular weight excluding hydrogens is 184 g/mol. The largest absolute Gasteiger partial charge is 0.316 e. The van der Waals surface area contributed by atoms with Crippen molar-refractivity contribution in [2.45, 2.75) is 33.1 Å². The van der Waals surface area contributed by atoms with Crippen LogP contribution in [-0.2, 0) is 0 Å². The maximum absolute atomic E-state index is 3.54. The Bertz CT molecular complexity index is 177. The number of rotatable bonds is 6. The summed E-state index contributed by atoms with van der Waals surface area (Å²) in [6.45, 7) is 10.4. The van der Waals surface area contributed by atoms with Crippen molar-refractivity contribution in [3.8, 4) is 0 Å². The first kappa shape index (κ1) is 12.7. The summed E-state index contributed by atoms with van der Waals surface area (Å²) in [6, 6.07) is 0. The predicted molar refractivity (Wildman–Crippen MR) is 67.1 cm³/mol. The van der Waals surface area contributed by atoms with Crippen molar-refractivity contribution in [1.29, 1.82) is 0 Å². The van der Waals surface area contributed by atoms with Gasteiger partial charge < -0.3 is 5.32 Å². The van der Waals surface area contributed by atoms with Crippen LogP contribution in [0.5, 0.6) is 0 Å². The molecule has 0 aromatic carbocycles. The first-order chi connectivity index (χ1) is 7.36. The summed E-state index contributed by atoms with van der Waals surface area (Å²) in [5.41, 5.74) is 0. The second kappa shape index (κ2) is 7.89. The van der Waals surface area contributed by atoms with Crippen LogP contribution in [0.1, 0.15) is 33.1 Å². The third kappa shape index (κ3) is 5.33. The van der Waals surface area contributed by atoms with E-state index in [9.17, 15) is 0 Å². The van der Waals surface area contributed by atoms with Crippen molar-refractivity contribution < 1.29 is 0 Å². The second-order valence-electron chi connectivity index (χ2n) is 4.54. The third-order valence-electron chi connectivity index (χ3n) is 3.06. The zero-order valence-corrected chi connectivity index (χ0v) is 10.3. The highest BCUT2D eigenvalue weighted by Crippen LogP contribution is 2.15. The van der Waals surface area contributed by atoms with Crippen LogP contribution < -0.4 is 5.32 Å². The van der Waals surface area contributed by atoms with E-state index in [1.165, 1.54) is 45.4 Å². The van der Waals surface area contributed by atoms with Crippen molar-refractivity contribution in [2.24, 2.45) is 5.92 Å². The molecule has 2 heteroatoms. The summed E-state index contributed by atoms with van der Waals surface area (Å²) in [5, 5.41) is 3.54. The normalized spacial score (nSPS) is 23.7. The molecule has 0 aromatic rings. The molecule has 0 spiro atoms. The number of piperidine rings is 1. The first-order valence-corrected chi connectivity index (χ1v) is 6.41. The summed E-state index contributed by atoms with van der Waals surface area (Å²) >= 11 is 0. The summed E-state index contributed by atoms with van der Waals surface area (Å²) in [6.07, 6.45) is 8.44. The van der Waals surface area contributed by atoms with Crippen molar-refractivity contribution in [2.75, 3.05) is 32.7 Å². The number of hydrogen-bond acceptors (Lipinski definition) is 2. The zero-order valence-electron chi connectivity index (χ0n) is 10.3. The Labute approximate surface area is 94.7 Å². The van der Waals surface area contributed by atoms with E-state index in [4.69, 9.17) is 0 Å². The molecule has 0 saturated carbocycles. The lowest BCUT2D eigenvalue weighted by Gasteiger charge is -2.32. The SMILES string of the molecule is CC=CCN1CCCC(CNCCC)C1. The van der Waals surface area contributed by atoms with Gasteiger partial charge in [0.15, 0.2) is 0 Å². The molecule has 0 bridgehead atoms. The molecule has 1 unspecified atom stereocenters. The second-order valence-corrected chi connectivity index (χ2v) is 4.54. The Morgan fingerprint density at radius 2 is 2.33 bits per heavy atom. The summed E-state index contributed by atoms with van der Waals surface area (Å²) in [7, 11) is 0. The quantitative estimate of drug-likeness (QED) is 0.534. The average Bonchev–Trinajstić information content (AvgIpc) is 2.27. The van der Waals surface area contributed by atoms with Gasteiger partial charge >= 0.3 is 0 Å². The molecule has 0 radical (unpaired) electrons. The average molecular weight is 210 g/mol. The van der Waals surface area contributed by atoms with Gasteiger partial charge in [0, 0.05) is 13.1 Å². The van der Waals surface area contributed by atoms with Gasteiger partial charge in [0.2, 0.25) is 0 Å². The molecule has 1 aliphatic rings. The van der Waals surface area contributed by atoms with E-state index in [1.807, 2.05) is 0 Å². The molecule has 1 aliphatic heterocycles. The molecule has 1 rings (SSSR count). The Morgan fingerprint density at radius 3 is 3.07 bits per heavy atom. The summed E-state index contributed by atoms with van der Waals surface area (Å²) < 4.78 is 0. The summed E-state index contributed by atoms with van der Waals surface area (Å²) in [5.74, 6) is 0.871. The molecule has 1 saturated heterocycles. The van der Waals surface area contributed by atoms with Gasteiger partial charge in [-0.25, -0.2) is 0 Å². The highest BCUT2D eigenvalue weighted by atomic mass is 15.1. The van der Waals surface area contributed by atoms with Gasteiger partial charge in [-0.15, -0.1) is 0 Å². The van der Waals surface area contributed by atoms with Crippen molar-refractivity contribution >= 4 is 0 Å². The van der Waals surface area contributed by atoms with Gasteiger partial charge in [-0.05, 0) is 51.7 Å². The minimum Gasteiger partial charge on any atom is -0.316 e. The van der Waals surface area contributed by atoms with Crippen LogP contribution >= 0.6 is 0 Å². The molecule has 15 heavy (non-hydrogen) atoms. The van der Waals surface area contributed by atoms with E-state index in [-0.39, 0.29) is 0 Å². The molecule has 1 fully saturated rings. The van der Waals surface area contributed by atoms with Crippen LogP contribution in [-0.4, -0.2) is 37.6 Å². The molecule has 1 heterocycles. The fourth-order valence-corrected chi connectivity index (χ4v) is 2.22. The Balaban J connectivity index is 2.16. The standard InChI is InChI=1S/C13H26N2/c1-3-5-9-15-10-6-7-13(12-15)11-14-8-4-2/h3,5,13-14H,4,6-12H2,1-2H3. The minimum absolute atomic E-state index is 0.871. The third-order valence-corrected chi connectivity index (χ3v) is 3.06. The summed E-state index contributed by atoms with van der Waals surface area (Å²) in [4.78, 5) is 2.57. The zero-order chi connectivity index (χ0) is 10.9. The number of hydrogen-bond donors (Lipinski definition) is 1. The molecule has 0 aromatic heterocycles. The molecular formula is C13H26N2.